The molecule has 3 saturated carbocycles. The van der Waals surface area contributed by atoms with E-state index < -0.39 is 7.26 Å². The molecule has 4 aromatic carbocycles. The highest BCUT2D eigenvalue weighted by atomic mass is 31.2. The van der Waals surface area contributed by atoms with Gasteiger partial charge >= 0.3 is 5.97 Å². The summed E-state index contributed by atoms with van der Waals surface area (Å²) in [6.45, 7) is 10.8. The van der Waals surface area contributed by atoms with Gasteiger partial charge in [0.15, 0.2) is 5.79 Å². The summed E-state index contributed by atoms with van der Waals surface area (Å²) in [5, 5.41) is 4.17. The molecule has 11 atom stereocenters. The summed E-state index contributed by atoms with van der Waals surface area (Å²) in [6, 6.07) is 42.2. The molecule has 2 heterocycles. The summed E-state index contributed by atoms with van der Waals surface area (Å²) in [5.74, 6) is 3.47. The first-order valence-electron chi connectivity index (χ1n) is 24.0. The molecule has 61 heavy (non-hydrogen) atoms. The van der Waals surface area contributed by atoms with Crippen LogP contribution in [0.25, 0.3) is 11.1 Å². The number of carbonyl (C=O) groups excluding carboxylic acids is 1. The molecule has 4 nitrogen and oxygen atoms in total. The molecule has 0 radical (unpaired) electrons. The largest absolute Gasteiger partial charge is 0.462 e. The maximum Gasteiger partial charge on any atom is 0.306 e. The average Bonchev–Trinajstić information content (AvgIpc) is 3.74. The summed E-state index contributed by atoms with van der Waals surface area (Å²) in [6.07, 6.45) is 16.5. The van der Waals surface area contributed by atoms with Crippen LogP contribution in [0.2, 0.25) is 0 Å². The number of hydrogen-bond donors (Lipinski definition) is 0. The third-order valence-corrected chi connectivity index (χ3v) is 22.0. The van der Waals surface area contributed by atoms with Crippen LogP contribution in [0, 0.1) is 46.3 Å². The number of carbonyl (C=O) groups is 1. The predicted molar refractivity (Wildman–Crippen MR) is 251 cm³/mol. The van der Waals surface area contributed by atoms with Gasteiger partial charge in [-0.1, -0.05) is 118 Å². The number of benzene rings is 4. The first kappa shape index (κ1) is 41.5. The minimum atomic E-state index is -2.03. The zero-order chi connectivity index (χ0) is 41.8. The maximum atomic E-state index is 13.7. The summed E-state index contributed by atoms with van der Waals surface area (Å²) < 4.78 is 20.0. The fourth-order valence-corrected chi connectivity index (χ4v) is 18.8. The van der Waals surface area contributed by atoms with Gasteiger partial charge in [0.05, 0.1) is 18.9 Å². The number of ether oxygens (including phenoxy) is 3. The second-order valence-corrected chi connectivity index (χ2v) is 24.3. The van der Waals surface area contributed by atoms with E-state index in [0.717, 1.165) is 57.2 Å². The van der Waals surface area contributed by atoms with Crippen LogP contribution in [0.1, 0.15) is 105 Å². The third-order valence-electron chi connectivity index (χ3n) is 17.5. The SMILES string of the molecule is C[C@@H]1CC[C@@]2(OC1)O[C@H]1C[C@H]3[C@@H]4CC=C5C[C@@H](OC(=O)CCCC[P+](c6ccccc6)(c6ccccc6)c6cccc(-c7ccccc7)c6)CC[C@]5(C)[C@H]4CC[C@]3(C)[C@H]1[C@@H]2C. The number of hydrogen-bond acceptors (Lipinski definition) is 4. The van der Waals surface area contributed by atoms with Crippen LogP contribution in [0.4, 0.5) is 0 Å². The molecular weight excluding hydrogens is 768 g/mol. The Balaban J connectivity index is 0.796. The van der Waals surface area contributed by atoms with Crippen molar-refractivity contribution in [2.45, 2.75) is 123 Å². The van der Waals surface area contributed by atoms with Crippen LogP contribution < -0.4 is 15.9 Å². The molecule has 0 amide bonds. The van der Waals surface area contributed by atoms with E-state index in [1.54, 1.807) is 5.57 Å². The summed E-state index contributed by atoms with van der Waals surface area (Å²) in [5.41, 5.74) is 4.59. The molecular formula is C56H68O4P+. The molecule has 0 bridgehead atoms. The fraction of sp³-hybridized carbons (Fsp3) is 0.518. The van der Waals surface area contributed by atoms with Crippen molar-refractivity contribution in [1.29, 1.82) is 0 Å². The van der Waals surface area contributed by atoms with Gasteiger partial charge in [-0.15, -0.1) is 0 Å². The van der Waals surface area contributed by atoms with Gasteiger partial charge in [0.25, 0.3) is 0 Å². The van der Waals surface area contributed by atoms with Gasteiger partial charge in [-0.2, -0.15) is 0 Å². The molecule has 4 aromatic rings. The van der Waals surface area contributed by atoms with Crippen molar-refractivity contribution in [3.8, 4) is 11.1 Å². The Morgan fingerprint density at radius 3 is 2.15 bits per heavy atom. The number of fused-ring (bicyclic) bond motifs is 7. The molecule has 0 unspecified atom stereocenters. The fourth-order valence-electron chi connectivity index (χ4n) is 14.4. The summed E-state index contributed by atoms with van der Waals surface area (Å²) in [4.78, 5) is 13.7. The highest BCUT2D eigenvalue weighted by Gasteiger charge is 2.68. The standard InChI is InChI=1S/C56H68O4P/c1-39-28-33-56(58-38-39)40(2)53-51(60-56)37-50-48-27-26-43-36-44(29-31-54(43,3)49(48)30-32-55(50,53)4)59-52(57)25-14-15-34-61(45-20-10-6-11-21-45,46-22-12-7-13-23-46)47-24-16-19-42(35-47)41-17-8-5-9-18-41/h5-13,16-24,26,35,39-40,44,48-51,53H,14-15,25,27-34,36-38H2,1-4H3/q+1/t39-,40+,44+,48-,49+,50+,51+,53+,54+,55+,56-/m1/s1. The minimum Gasteiger partial charge on any atom is -0.462 e. The lowest BCUT2D eigenvalue weighted by Crippen LogP contribution is -2.52. The highest BCUT2D eigenvalue weighted by Crippen LogP contribution is 2.70. The molecule has 320 valence electrons. The van der Waals surface area contributed by atoms with Crippen molar-refractivity contribution in [3.63, 3.8) is 0 Å². The van der Waals surface area contributed by atoms with E-state index in [2.05, 4.69) is 149 Å². The lowest BCUT2D eigenvalue weighted by Gasteiger charge is -2.58. The monoisotopic (exact) mass is 835 g/mol. The molecule has 5 fully saturated rings. The molecule has 1 spiro atoms. The summed E-state index contributed by atoms with van der Waals surface area (Å²) >= 11 is 0. The van der Waals surface area contributed by atoms with Crippen LogP contribution in [-0.4, -0.2) is 36.7 Å². The molecule has 10 rings (SSSR count). The molecule has 4 aliphatic carbocycles. The number of esters is 1. The minimum absolute atomic E-state index is 0.00678. The van der Waals surface area contributed by atoms with E-state index in [9.17, 15) is 4.79 Å². The van der Waals surface area contributed by atoms with Gasteiger partial charge < -0.3 is 14.2 Å². The molecule has 0 N–H and O–H groups in total. The van der Waals surface area contributed by atoms with Gasteiger partial charge in [0, 0.05) is 25.2 Å². The van der Waals surface area contributed by atoms with Crippen LogP contribution in [0.15, 0.2) is 127 Å². The van der Waals surface area contributed by atoms with Crippen molar-refractivity contribution < 1.29 is 19.0 Å². The van der Waals surface area contributed by atoms with Gasteiger partial charge in [-0.3, -0.25) is 4.79 Å². The Hall–Kier alpha value is -3.56. The smallest absolute Gasteiger partial charge is 0.306 e. The number of allylic oxidation sites excluding steroid dienone is 1. The lowest BCUT2D eigenvalue weighted by atomic mass is 9.47. The molecule has 6 aliphatic rings. The van der Waals surface area contributed by atoms with Crippen molar-refractivity contribution in [2.24, 2.45) is 46.3 Å². The predicted octanol–water partition coefficient (Wildman–Crippen LogP) is 12.1. The van der Waals surface area contributed by atoms with E-state index in [4.69, 9.17) is 14.2 Å². The van der Waals surface area contributed by atoms with Gasteiger partial charge in [-0.05, 0) is 146 Å². The van der Waals surface area contributed by atoms with E-state index in [1.165, 1.54) is 59.1 Å². The Morgan fingerprint density at radius 1 is 0.754 bits per heavy atom. The van der Waals surface area contributed by atoms with E-state index in [1.807, 2.05) is 0 Å². The second-order valence-electron chi connectivity index (χ2n) is 20.7. The normalized spacial score (nSPS) is 35.4. The van der Waals surface area contributed by atoms with Crippen LogP contribution in [0.5, 0.6) is 0 Å². The van der Waals surface area contributed by atoms with E-state index in [0.29, 0.717) is 47.5 Å². The molecule has 5 heteroatoms. The first-order valence-corrected chi connectivity index (χ1v) is 26.0. The average molecular weight is 836 g/mol. The second kappa shape index (κ2) is 16.5. The molecule has 2 aliphatic heterocycles. The van der Waals surface area contributed by atoms with Crippen molar-refractivity contribution in [2.75, 3.05) is 12.8 Å². The zero-order valence-corrected chi connectivity index (χ0v) is 38.0. The van der Waals surface area contributed by atoms with Crippen LogP contribution >= 0.6 is 7.26 Å². The van der Waals surface area contributed by atoms with Gasteiger partial charge in [0.1, 0.15) is 29.3 Å². The van der Waals surface area contributed by atoms with Gasteiger partial charge in [-0.25, -0.2) is 0 Å². The maximum absolute atomic E-state index is 13.7. The highest BCUT2D eigenvalue weighted by molar-refractivity contribution is 7.95. The van der Waals surface area contributed by atoms with Crippen molar-refractivity contribution in [3.05, 3.63) is 127 Å². The molecule has 0 aromatic heterocycles. The Bertz CT molecular complexity index is 2160. The number of rotatable bonds is 10. The number of unbranched alkanes of at least 4 members (excludes halogenated alkanes) is 1. The van der Waals surface area contributed by atoms with Crippen LogP contribution in [0.3, 0.4) is 0 Å². The zero-order valence-electron chi connectivity index (χ0n) is 37.1. The van der Waals surface area contributed by atoms with Crippen molar-refractivity contribution in [1.82, 2.24) is 0 Å². The molecule has 2 saturated heterocycles. The first-order chi connectivity index (χ1) is 29.6. The van der Waals surface area contributed by atoms with Crippen LogP contribution in [-0.2, 0) is 19.0 Å². The van der Waals surface area contributed by atoms with E-state index in [-0.39, 0.29) is 23.3 Å². The third kappa shape index (κ3) is 7.20. The summed E-state index contributed by atoms with van der Waals surface area (Å²) in [7, 11) is -2.03. The Labute approximate surface area is 366 Å². The van der Waals surface area contributed by atoms with Gasteiger partial charge in [0.2, 0.25) is 0 Å². The quantitative estimate of drug-likeness (QED) is 0.0691. The van der Waals surface area contributed by atoms with Crippen molar-refractivity contribution >= 4 is 29.1 Å². The topological polar surface area (TPSA) is 44.8 Å². The Kier molecular flexibility index (Phi) is 11.2. The van der Waals surface area contributed by atoms with E-state index >= 15 is 0 Å². The Morgan fingerprint density at radius 2 is 1.44 bits per heavy atom. The lowest BCUT2D eigenvalue weighted by molar-refractivity contribution is -0.272.